The van der Waals surface area contributed by atoms with Gasteiger partial charge < -0.3 is 5.32 Å². The van der Waals surface area contributed by atoms with E-state index >= 15 is 0 Å². The molecule has 0 fully saturated rings. The van der Waals surface area contributed by atoms with Gasteiger partial charge in [-0.05, 0) is 23.8 Å². The lowest BCUT2D eigenvalue weighted by molar-refractivity contribution is 0.715. The standard InChI is InChI=1S/C23H19N7/c1-2-6-17(7-3-1)15-30-21-9-5-4-8-20(21)23(29-30)28-22-19(14-24-16-25-22)11-10-18-12-26-27-13-18/h1-14,16H,15H2,(H,26,27)(H,24,25,28,29). The molecule has 7 nitrogen and oxygen atoms in total. The molecule has 5 aromatic rings. The fraction of sp³-hybridized carbons (Fsp3) is 0.0435. The molecule has 0 amide bonds. The molecular formula is C23H19N7. The van der Waals surface area contributed by atoms with E-state index in [4.69, 9.17) is 5.10 Å². The van der Waals surface area contributed by atoms with E-state index in [1.165, 1.54) is 11.9 Å². The zero-order valence-corrected chi connectivity index (χ0v) is 16.1. The highest BCUT2D eigenvalue weighted by Gasteiger charge is 2.12. The summed E-state index contributed by atoms with van der Waals surface area (Å²) in [6.07, 6.45) is 10.8. The number of hydrogen-bond donors (Lipinski definition) is 2. The minimum absolute atomic E-state index is 0.694. The summed E-state index contributed by atoms with van der Waals surface area (Å²) in [5.74, 6) is 1.46. The number of nitrogens with zero attached hydrogens (tertiary/aromatic N) is 5. The molecule has 0 spiro atoms. The molecule has 30 heavy (non-hydrogen) atoms. The SMILES string of the molecule is C(=Cc1cncnc1Nc1nn(Cc2ccccc2)c2ccccc12)c1cn[nH]c1. The zero-order chi connectivity index (χ0) is 20.2. The Labute approximate surface area is 173 Å². The average molecular weight is 393 g/mol. The van der Waals surface area contributed by atoms with Crippen LogP contribution in [0, 0.1) is 0 Å². The van der Waals surface area contributed by atoms with Gasteiger partial charge in [-0.25, -0.2) is 9.97 Å². The second kappa shape index (κ2) is 8.00. The number of anilines is 2. The van der Waals surface area contributed by atoms with E-state index in [2.05, 4.69) is 49.7 Å². The third-order valence-electron chi connectivity index (χ3n) is 4.79. The maximum Gasteiger partial charge on any atom is 0.161 e. The highest BCUT2D eigenvalue weighted by atomic mass is 15.3. The van der Waals surface area contributed by atoms with E-state index in [9.17, 15) is 0 Å². The smallest absolute Gasteiger partial charge is 0.161 e. The summed E-state index contributed by atoms with van der Waals surface area (Å²) in [6.45, 7) is 0.695. The number of nitrogens with one attached hydrogen (secondary N) is 2. The highest BCUT2D eigenvalue weighted by Crippen LogP contribution is 2.27. The van der Waals surface area contributed by atoms with Crippen LogP contribution in [0.2, 0.25) is 0 Å². The van der Waals surface area contributed by atoms with Crippen LogP contribution < -0.4 is 5.32 Å². The molecule has 0 unspecified atom stereocenters. The van der Waals surface area contributed by atoms with E-state index in [0.717, 1.165) is 27.8 Å². The second-order valence-electron chi connectivity index (χ2n) is 6.83. The molecule has 0 aliphatic heterocycles. The molecule has 0 aliphatic carbocycles. The third kappa shape index (κ3) is 3.68. The fourth-order valence-electron chi connectivity index (χ4n) is 3.31. The first-order valence-electron chi connectivity index (χ1n) is 9.60. The van der Waals surface area contributed by atoms with Crippen LogP contribution in [0.1, 0.15) is 16.7 Å². The quantitative estimate of drug-likeness (QED) is 0.443. The Balaban J connectivity index is 1.49. The summed E-state index contributed by atoms with van der Waals surface area (Å²) in [5.41, 5.74) is 4.10. The van der Waals surface area contributed by atoms with Gasteiger partial charge in [-0.2, -0.15) is 10.2 Å². The first-order valence-corrected chi connectivity index (χ1v) is 9.60. The van der Waals surface area contributed by atoms with Crippen LogP contribution in [0.15, 0.2) is 79.5 Å². The van der Waals surface area contributed by atoms with Crippen molar-refractivity contribution in [3.8, 4) is 0 Å². The molecular weight excluding hydrogens is 374 g/mol. The Morgan fingerprint density at radius 3 is 2.67 bits per heavy atom. The topological polar surface area (TPSA) is 84.3 Å². The minimum Gasteiger partial charge on any atom is -0.322 e. The van der Waals surface area contributed by atoms with Crippen molar-refractivity contribution in [2.75, 3.05) is 5.32 Å². The number of fused-ring (bicyclic) bond motifs is 1. The van der Waals surface area contributed by atoms with Crippen molar-refractivity contribution < 1.29 is 0 Å². The van der Waals surface area contributed by atoms with E-state index < -0.39 is 0 Å². The van der Waals surface area contributed by atoms with Gasteiger partial charge in [0.15, 0.2) is 5.82 Å². The van der Waals surface area contributed by atoms with Gasteiger partial charge in [0.1, 0.15) is 12.1 Å². The van der Waals surface area contributed by atoms with Crippen LogP contribution in [0.5, 0.6) is 0 Å². The molecule has 0 atom stereocenters. The van der Waals surface area contributed by atoms with Crippen molar-refractivity contribution in [3.05, 3.63) is 96.2 Å². The predicted molar refractivity (Wildman–Crippen MR) is 118 cm³/mol. The Bertz CT molecular complexity index is 1290. The monoisotopic (exact) mass is 393 g/mol. The Morgan fingerprint density at radius 1 is 0.933 bits per heavy atom. The normalized spacial score (nSPS) is 11.3. The Morgan fingerprint density at radius 2 is 1.80 bits per heavy atom. The number of benzene rings is 2. The molecule has 3 aromatic heterocycles. The van der Waals surface area contributed by atoms with Gasteiger partial charge in [-0.15, -0.1) is 0 Å². The van der Waals surface area contributed by atoms with Gasteiger partial charge in [0, 0.05) is 28.9 Å². The zero-order valence-electron chi connectivity index (χ0n) is 16.1. The van der Waals surface area contributed by atoms with Crippen LogP contribution in [-0.4, -0.2) is 29.9 Å². The first kappa shape index (κ1) is 17.8. The summed E-state index contributed by atoms with van der Waals surface area (Å²) in [6, 6.07) is 18.5. The van der Waals surface area contributed by atoms with Gasteiger partial charge in [0.2, 0.25) is 0 Å². The van der Waals surface area contributed by atoms with Gasteiger partial charge >= 0.3 is 0 Å². The molecule has 0 radical (unpaired) electrons. The lowest BCUT2D eigenvalue weighted by atomic mass is 10.2. The molecule has 7 heteroatoms. The summed E-state index contributed by atoms with van der Waals surface area (Å²) < 4.78 is 2.01. The summed E-state index contributed by atoms with van der Waals surface area (Å²) >= 11 is 0. The number of aromatic nitrogens is 6. The fourth-order valence-corrected chi connectivity index (χ4v) is 3.31. The Kier molecular flexibility index (Phi) is 4.75. The van der Waals surface area contributed by atoms with Crippen molar-refractivity contribution in [1.29, 1.82) is 0 Å². The summed E-state index contributed by atoms with van der Waals surface area (Å²) in [7, 11) is 0. The van der Waals surface area contributed by atoms with Gasteiger partial charge in [-0.3, -0.25) is 9.78 Å². The van der Waals surface area contributed by atoms with Crippen molar-refractivity contribution >= 4 is 34.7 Å². The predicted octanol–water partition coefficient (Wildman–Crippen LogP) is 4.51. The number of aromatic amines is 1. The van der Waals surface area contributed by atoms with Crippen LogP contribution in [0.3, 0.4) is 0 Å². The van der Waals surface area contributed by atoms with E-state index in [0.29, 0.717) is 12.4 Å². The number of rotatable bonds is 6. The molecule has 146 valence electrons. The summed E-state index contributed by atoms with van der Waals surface area (Å²) in [5, 5.41) is 16.0. The number of H-pyrrole nitrogens is 1. The maximum absolute atomic E-state index is 4.84. The van der Waals surface area contributed by atoms with Crippen molar-refractivity contribution in [3.63, 3.8) is 0 Å². The molecule has 5 rings (SSSR count). The van der Waals surface area contributed by atoms with E-state index in [1.54, 1.807) is 12.4 Å². The van der Waals surface area contributed by atoms with Crippen LogP contribution in [0.25, 0.3) is 23.1 Å². The van der Waals surface area contributed by atoms with E-state index in [1.807, 2.05) is 53.4 Å². The number of hydrogen-bond acceptors (Lipinski definition) is 5. The van der Waals surface area contributed by atoms with Gasteiger partial charge in [0.05, 0.1) is 18.3 Å². The van der Waals surface area contributed by atoms with Crippen molar-refractivity contribution in [2.24, 2.45) is 0 Å². The van der Waals surface area contributed by atoms with Crippen LogP contribution >= 0.6 is 0 Å². The first-order chi connectivity index (χ1) is 14.9. The van der Waals surface area contributed by atoms with Crippen LogP contribution in [-0.2, 0) is 6.54 Å². The summed E-state index contributed by atoms with van der Waals surface area (Å²) in [4.78, 5) is 8.59. The molecule has 0 aliphatic rings. The third-order valence-corrected chi connectivity index (χ3v) is 4.79. The molecule has 2 aromatic carbocycles. The van der Waals surface area contributed by atoms with Gasteiger partial charge in [0.25, 0.3) is 0 Å². The largest absolute Gasteiger partial charge is 0.322 e. The van der Waals surface area contributed by atoms with Crippen molar-refractivity contribution in [2.45, 2.75) is 6.54 Å². The van der Waals surface area contributed by atoms with E-state index in [-0.39, 0.29) is 0 Å². The van der Waals surface area contributed by atoms with Crippen molar-refractivity contribution in [1.82, 2.24) is 29.9 Å². The second-order valence-corrected chi connectivity index (χ2v) is 6.83. The lowest BCUT2D eigenvalue weighted by Crippen LogP contribution is -2.03. The molecule has 2 N–H and O–H groups in total. The van der Waals surface area contributed by atoms with Gasteiger partial charge in [-0.1, -0.05) is 48.5 Å². The average Bonchev–Trinajstić information content (AvgIpc) is 3.43. The molecule has 3 heterocycles. The highest BCUT2D eigenvalue weighted by molar-refractivity contribution is 5.92. The van der Waals surface area contributed by atoms with Crippen LogP contribution in [0.4, 0.5) is 11.6 Å². The Hall–Kier alpha value is -4.26. The molecule has 0 saturated heterocycles. The molecule has 0 bridgehead atoms. The number of para-hydroxylation sites is 1. The lowest BCUT2D eigenvalue weighted by Gasteiger charge is -2.06. The minimum atomic E-state index is 0.694. The maximum atomic E-state index is 4.84. The molecule has 0 saturated carbocycles.